The summed E-state index contributed by atoms with van der Waals surface area (Å²) in [4.78, 5) is 5.08. The molecule has 126 valence electrons. The fourth-order valence-electron chi connectivity index (χ4n) is 3.97. The van der Waals surface area contributed by atoms with Crippen LogP contribution in [0.4, 0.5) is 5.69 Å². The van der Waals surface area contributed by atoms with Crippen molar-refractivity contribution in [2.45, 2.75) is 25.4 Å². The number of hydrogen-bond acceptors (Lipinski definition) is 3. The smallest absolute Gasteiger partial charge is 0.0366 e. The molecule has 1 fully saturated rings. The van der Waals surface area contributed by atoms with Gasteiger partial charge in [0, 0.05) is 51.0 Å². The first kappa shape index (κ1) is 15.7. The van der Waals surface area contributed by atoms with Crippen molar-refractivity contribution in [1.29, 1.82) is 0 Å². The van der Waals surface area contributed by atoms with E-state index in [1.165, 1.54) is 42.7 Å². The van der Waals surface area contributed by atoms with E-state index in [0.717, 1.165) is 26.2 Å². The number of rotatable bonds is 5. The molecule has 24 heavy (non-hydrogen) atoms. The summed E-state index contributed by atoms with van der Waals surface area (Å²) >= 11 is 0. The topological polar surface area (TPSA) is 18.5 Å². The quantitative estimate of drug-likeness (QED) is 0.913. The Kier molecular flexibility index (Phi) is 4.81. The van der Waals surface area contributed by atoms with E-state index in [1.54, 1.807) is 0 Å². The maximum absolute atomic E-state index is 3.77. The van der Waals surface area contributed by atoms with E-state index >= 15 is 0 Å². The van der Waals surface area contributed by atoms with E-state index in [4.69, 9.17) is 0 Å². The minimum absolute atomic E-state index is 0.627. The molecule has 3 nitrogen and oxygen atoms in total. The van der Waals surface area contributed by atoms with E-state index < -0.39 is 0 Å². The Hall–Kier alpha value is -1.84. The van der Waals surface area contributed by atoms with Gasteiger partial charge in [0.05, 0.1) is 0 Å². The normalized spacial score (nSPS) is 21.0. The highest BCUT2D eigenvalue weighted by Crippen LogP contribution is 2.20. The molecule has 3 heteroatoms. The largest absolute Gasteiger partial charge is 0.370 e. The summed E-state index contributed by atoms with van der Waals surface area (Å²) in [6, 6.07) is 20.3. The second-order valence-corrected chi connectivity index (χ2v) is 7.02. The molecule has 1 saturated heterocycles. The van der Waals surface area contributed by atoms with Crippen molar-refractivity contribution < 1.29 is 0 Å². The van der Waals surface area contributed by atoms with Crippen LogP contribution in [0, 0.1) is 0 Å². The van der Waals surface area contributed by atoms with Gasteiger partial charge in [0.2, 0.25) is 0 Å². The van der Waals surface area contributed by atoms with Gasteiger partial charge in [-0.3, -0.25) is 4.90 Å². The number of benzene rings is 2. The number of para-hydroxylation sites is 1. The lowest BCUT2D eigenvalue weighted by atomic mass is 10.00. The number of anilines is 1. The molecule has 0 bridgehead atoms. The average Bonchev–Trinajstić information content (AvgIpc) is 3.11. The van der Waals surface area contributed by atoms with E-state index in [1.807, 2.05) is 0 Å². The fourth-order valence-corrected chi connectivity index (χ4v) is 3.97. The van der Waals surface area contributed by atoms with Crippen LogP contribution < -0.4 is 10.2 Å². The van der Waals surface area contributed by atoms with Crippen LogP contribution in [0.3, 0.4) is 0 Å². The van der Waals surface area contributed by atoms with Gasteiger partial charge in [-0.15, -0.1) is 0 Å². The molecule has 1 unspecified atom stereocenters. The zero-order chi connectivity index (χ0) is 16.2. The van der Waals surface area contributed by atoms with Crippen molar-refractivity contribution in [2.24, 2.45) is 0 Å². The van der Waals surface area contributed by atoms with E-state index in [0.29, 0.717) is 6.04 Å². The van der Waals surface area contributed by atoms with Gasteiger partial charge >= 0.3 is 0 Å². The third-order valence-electron chi connectivity index (χ3n) is 5.38. The summed E-state index contributed by atoms with van der Waals surface area (Å²) in [6.07, 6.45) is 2.44. The van der Waals surface area contributed by atoms with Gasteiger partial charge in [0.1, 0.15) is 0 Å². The van der Waals surface area contributed by atoms with E-state index in [-0.39, 0.29) is 0 Å². The lowest BCUT2D eigenvalue weighted by molar-refractivity contribution is 0.251. The molecular formula is C21H27N3. The summed E-state index contributed by atoms with van der Waals surface area (Å²) < 4.78 is 0. The number of fused-ring (bicyclic) bond motifs is 1. The highest BCUT2D eigenvalue weighted by atomic mass is 15.2. The molecule has 2 aromatic rings. The van der Waals surface area contributed by atoms with Crippen molar-refractivity contribution >= 4 is 5.69 Å². The molecule has 0 spiro atoms. The molecule has 4 rings (SSSR count). The van der Waals surface area contributed by atoms with Crippen LogP contribution in [0.25, 0.3) is 0 Å². The van der Waals surface area contributed by atoms with Crippen molar-refractivity contribution in [3.05, 3.63) is 65.7 Å². The second-order valence-electron chi connectivity index (χ2n) is 7.02. The molecule has 2 aliphatic heterocycles. The fraction of sp³-hybridized carbons (Fsp3) is 0.429. The first-order valence-corrected chi connectivity index (χ1v) is 9.21. The van der Waals surface area contributed by atoms with Crippen molar-refractivity contribution in [3.63, 3.8) is 0 Å². The number of hydrogen-bond donors (Lipinski definition) is 1. The van der Waals surface area contributed by atoms with Crippen LogP contribution in [0.5, 0.6) is 0 Å². The summed E-state index contributed by atoms with van der Waals surface area (Å²) in [5.74, 6) is 0. The standard InChI is InChI=1S/C21H27N3/c1-2-8-21(9-3-1)24-14-11-20(17-24)22-12-15-23-13-10-18-6-4-5-7-19(18)16-23/h1-9,20,22H,10-17H2. The van der Waals surface area contributed by atoms with Crippen molar-refractivity contribution in [3.8, 4) is 0 Å². The molecule has 1 N–H and O–H groups in total. The molecule has 0 saturated carbocycles. The molecule has 2 aromatic carbocycles. The number of nitrogens with zero attached hydrogens (tertiary/aromatic N) is 2. The first-order chi connectivity index (χ1) is 11.9. The molecule has 0 amide bonds. The molecule has 2 aliphatic rings. The Morgan fingerprint density at radius 1 is 0.917 bits per heavy atom. The predicted molar refractivity (Wildman–Crippen MR) is 100 cm³/mol. The highest BCUT2D eigenvalue weighted by Gasteiger charge is 2.22. The molecule has 0 aliphatic carbocycles. The zero-order valence-electron chi connectivity index (χ0n) is 14.3. The van der Waals surface area contributed by atoms with Crippen molar-refractivity contribution in [1.82, 2.24) is 10.2 Å². The lowest BCUT2D eigenvalue weighted by Crippen LogP contribution is -2.40. The SMILES string of the molecule is c1ccc(N2CCC(NCCN3CCc4ccccc4C3)C2)cc1. The van der Waals surface area contributed by atoms with Crippen LogP contribution in [0.1, 0.15) is 17.5 Å². The minimum atomic E-state index is 0.627. The van der Waals surface area contributed by atoms with E-state index in [9.17, 15) is 0 Å². The molecular weight excluding hydrogens is 294 g/mol. The Labute approximate surface area is 145 Å². The van der Waals surface area contributed by atoms with Gasteiger partial charge < -0.3 is 10.2 Å². The highest BCUT2D eigenvalue weighted by molar-refractivity contribution is 5.47. The van der Waals surface area contributed by atoms with Gasteiger partial charge in [-0.25, -0.2) is 0 Å². The number of nitrogens with one attached hydrogen (secondary N) is 1. The molecule has 0 radical (unpaired) electrons. The monoisotopic (exact) mass is 321 g/mol. The second kappa shape index (κ2) is 7.37. The van der Waals surface area contributed by atoms with Crippen LogP contribution in [-0.4, -0.2) is 43.7 Å². The minimum Gasteiger partial charge on any atom is -0.370 e. The van der Waals surface area contributed by atoms with Gasteiger partial charge in [-0.1, -0.05) is 42.5 Å². The Morgan fingerprint density at radius 3 is 2.58 bits per heavy atom. The summed E-state index contributed by atoms with van der Waals surface area (Å²) in [6.45, 7) is 6.84. The van der Waals surface area contributed by atoms with Crippen LogP contribution in [0.2, 0.25) is 0 Å². The maximum Gasteiger partial charge on any atom is 0.0366 e. The maximum atomic E-state index is 3.77. The van der Waals surface area contributed by atoms with Crippen LogP contribution in [-0.2, 0) is 13.0 Å². The summed E-state index contributed by atoms with van der Waals surface area (Å²) in [5.41, 5.74) is 4.41. The van der Waals surface area contributed by atoms with Crippen LogP contribution in [0.15, 0.2) is 54.6 Å². The first-order valence-electron chi connectivity index (χ1n) is 9.21. The third-order valence-corrected chi connectivity index (χ3v) is 5.38. The predicted octanol–water partition coefficient (Wildman–Crippen LogP) is 2.91. The zero-order valence-corrected chi connectivity index (χ0v) is 14.3. The Balaban J connectivity index is 1.22. The average molecular weight is 321 g/mol. The Morgan fingerprint density at radius 2 is 1.71 bits per heavy atom. The third kappa shape index (κ3) is 3.63. The van der Waals surface area contributed by atoms with Gasteiger partial charge in [-0.05, 0) is 36.1 Å². The molecule has 2 heterocycles. The lowest BCUT2D eigenvalue weighted by Gasteiger charge is -2.29. The summed E-state index contributed by atoms with van der Waals surface area (Å²) in [7, 11) is 0. The van der Waals surface area contributed by atoms with Gasteiger partial charge in [0.25, 0.3) is 0 Å². The van der Waals surface area contributed by atoms with Gasteiger partial charge in [0.15, 0.2) is 0 Å². The van der Waals surface area contributed by atoms with Crippen molar-refractivity contribution in [2.75, 3.05) is 37.6 Å². The van der Waals surface area contributed by atoms with E-state index in [2.05, 4.69) is 69.7 Å². The van der Waals surface area contributed by atoms with Gasteiger partial charge in [-0.2, -0.15) is 0 Å². The van der Waals surface area contributed by atoms with Crippen LogP contribution >= 0.6 is 0 Å². The molecule has 1 atom stereocenters. The molecule has 0 aromatic heterocycles. The Bertz CT molecular complexity index is 655. The summed E-state index contributed by atoms with van der Waals surface area (Å²) in [5, 5.41) is 3.77.